The van der Waals surface area contributed by atoms with Gasteiger partial charge in [0.1, 0.15) is 6.29 Å². The lowest BCUT2D eigenvalue weighted by Gasteiger charge is -2.17. The van der Waals surface area contributed by atoms with Gasteiger partial charge in [-0.25, -0.2) is 0 Å². The number of carbonyl (C=O) groups is 1. The highest BCUT2D eigenvalue weighted by atomic mass is 16.1. The van der Waals surface area contributed by atoms with E-state index in [0.717, 1.165) is 32.1 Å². The van der Waals surface area contributed by atoms with E-state index in [4.69, 9.17) is 0 Å². The summed E-state index contributed by atoms with van der Waals surface area (Å²) in [6.07, 6.45) is 7.35. The lowest BCUT2D eigenvalue weighted by molar-refractivity contribution is -0.104. The molecule has 3 rings (SSSR count). The summed E-state index contributed by atoms with van der Waals surface area (Å²) >= 11 is 0. The van der Waals surface area contributed by atoms with Crippen LogP contribution in [0.1, 0.15) is 42.5 Å². The summed E-state index contributed by atoms with van der Waals surface area (Å²) in [5.41, 5.74) is 9.40. The number of rotatable bonds is 5. The minimum Gasteiger partial charge on any atom is -0.316 e. The van der Waals surface area contributed by atoms with E-state index < -0.39 is 0 Å². The number of benzene rings is 2. The molecule has 2 aromatic carbocycles. The summed E-state index contributed by atoms with van der Waals surface area (Å²) in [5.74, 6) is 0. The van der Waals surface area contributed by atoms with Crippen LogP contribution in [0.4, 0.5) is 0 Å². The van der Waals surface area contributed by atoms with Crippen molar-refractivity contribution in [1.82, 2.24) is 5.32 Å². The van der Waals surface area contributed by atoms with Crippen molar-refractivity contribution in [3.05, 3.63) is 101 Å². The Morgan fingerprint density at radius 1 is 1.04 bits per heavy atom. The van der Waals surface area contributed by atoms with Gasteiger partial charge < -0.3 is 5.32 Å². The molecule has 1 N–H and O–H groups in total. The zero-order chi connectivity index (χ0) is 20.4. The van der Waals surface area contributed by atoms with Gasteiger partial charge in [0.2, 0.25) is 0 Å². The Labute approximate surface area is 169 Å². The summed E-state index contributed by atoms with van der Waals surface area (Å²) in [4.78, 5) is 9.83. The first-order chi connectivity index (χ1) is 13.7. The van der Waals surface area contributed by atoms with Crippen molar-refractivity contribution < 1.29 is 4.79 Å². The number of nitrogens with one attached hydrogen (secondary N) is 1. The van der Waals surface area contributed by atoms with Gasteiger partial charge in [-0.15, -0.1) is 0 Å². The summed E-state index contributed by atoms with van der Waals surface area (Å²) < 4.78 is 0. The van der Waals surface area contributed by atoms with E-state index in [1.54, 1.807) is 13.0 Å². The Balaban J connectivity index is 0.000000345. The van der Waals surface area contributed by atoms with Crippen LogP contribution in [0.5, 0.6) is 0 Å². The van der Waals surface area contributed by atoms with Crippen molar-refractivity contribution in [2.75, 3.05) is 13.6 Å². The molecule has 0 fully saturated rings. The zero-order valence-corrected chi connectivity index (χ0v) is 17.3. The lowest BCUT2D eigenvalue weighted by atomic mass is 9.89. The van der Waals surface area contributed by atoms with E-state index in [2.05, 4.69) is 67.4 Å². The Morgan fingerprint density at radius 3 is 1.93 bits per heavy atom. The van der Waals surface area contributed by atoms with Gasteiger partial charge in [-0.3, -0.25) is 4.79 Å². The highest BCUT2D eigenvalue weighted by Crippen LogP contribution is 2.36. The van der Waals surface area contributed by atoms with E-state index in [1.165, 1.54) is 39.5 Å². The molecule has 0 bridgehead atoms. The van der Waals surface area contributed by atoms with Crippen LogP contribution in [0.25, 0.3) is 5.57 Å². The van der Waals surface area contributed by atoms with E-state index in [0.29, 0.717) is 5.57 Å². The molecule has 2 heteroatoms. The minimum atomic E-state index is 0.639. The van der Waals surface area contributed by atoms with Crippen LogP contribution in [0.15, 0.2) is 78.4 Å². The molecule has 0 radical (unpaired) electrons. The fourth-order valence-corrected chi connectivity index (χ4v) is 3.60. The molecule has 0 atom stereocenters. The summed E-state index contributed by atoms with van der Waals surface area (Å²) in [6.45, 7) is 8.41. The standard InChI is InChI=1S/C20H23N.C6H8O/c1-3-15(14-21-2)20-18-10-6-4-8-16(18)12-13-17-9-5-7-11-19(17)20;1-3-6(4-2)5-7/h4-11,21H,3,12-14H2,1-2H3;3-5H,1H2,2H3/b;6-4+. The van der Waals surface area contributed by atoms with E-state index in [1.807, 2.05) is 7.05 Å². The third kappa shape index (κ3) is 5.17. The number of aryl methyl sites for hydroxylation is 2. The zero-order valence-electron chi connectivity index (χ0n) is 17.3. The average Bonchev–Trinajstić information content (AvgIpc) is 2.91. The van der Waals surface area contributed by atoms with E-state index in [9.17, 15) is 4.79 Å². The van der Waals surface area contributed by atoms with Crippen LogP contribution in [-0.2, 0) is 17.6 Å². The molecular formula is C26H31NO. The maximum Gasteiger partial charge on any atom is 0.149 e. The molecule has 0 aliphatic heterocycles. The number of aldehydes is 1. The molecule has 0 aromatic heterocycles. The van der Waals surface area contributed by atoms with Crippen LogP contribution in [0, 0.1) is 0 Å². The SMILES string of the molecule is C=C/C(C=O)=C\C.CCC(CNC)=C1c2ccccc2CCc2ccccc21. The number of likely N-dealkylation sites (N-methyl/N-ethyl adjacent to an activating group) is 1. The van der Waals surface area contributed by atoms with E-state index in [-0.39, 0.29) is 0 Å². The van der Waals surface area contributed by atoms with Crippen molar-refractivity contribution in [2.24, 2.45) is 0 Å². The predicted molar refractivity (Wildman–Crippen MR) is 121 cm³/mol. The summed E-state index contributed by atoms with van der Waals surface area (Å²) in [6, 6.07) is 17.8. The molecule has 28 heavy (non-hydrogen) atoms. The Bertz CT molecular complexity index is 814. The van der Waals surface area contributed by atoms with Crippen molar-refractivity contribution in [3.63, 3.8) is 0 Å². The van der Waals surface area contributed by atoms with Gasteiger partial charge >= 0.3 is 0 Å². The third-order valence-electron chi connectivity index (χ3n) is 5.11. The van der Waals surface area contributed by atoms with Gasteiger partial charge in [-0.05, 0) is 66.6 Å². The molecular weight excluding hydrogens is 342 g/mol. The first-order valence-corrected chi connectivity index (χ1v) is 9.97. The maximum atomic E-state index is 9.83. The second-order valence-electron chi connectivity index (χ2n) is 6.79. The first-order valence-electron chi connectivity index (χ1n) is 9.97. The molecule has 0 spiro atoms. The summed E-state index contributed by atoms with van der Waals surface area (Å²) in [5, 5.41) is 3.34. The van der Waals surface area contributed by atoms with Gasteiger partial charge in [0.25, 0.3) is 0 Å². The maximum absolute atomic E-state index is 9.83. The topological polar surface area (TPSA) is 29.1 Å². The Hall–Kier alpha value is -2.71. The van der Waals surface area contributed by atoms with Gasteiger partial charge in [0.15, 0.2) is 0 Å². The number of fused-ring (bicyclic) bond motifs is 2. The number of hydrogen-bond donors (Lipinski definition) is 1. The summed E-state index contributed by atoms with van der Waals surface area (Å²) in [7, 11) is 2.03. The lowest BCUT2D eigenvalue weighted by Crippen LogP contribution is -2.12. The van der Waals surface area contributed by atoms with Crippen molar-refractivity contribution in [1.29, 1.82) is 0 Å². The molecule has 1 aliphatic carbocycles. The quantitative estimate of drug-likeness (QED) is 0.424. The smallest absolute Gasteiger partial charge is 0.149 e. The van der Waals surface area contributed by atoms with Crippen molar-refractivity contribution in [2.45, 2.75) is 33.1 Å². The van der Waals surface area contributed by atoms with E-state index >= 15 is 0 Å². The van der Waals surface area contributed by atoms with Crippen LogP contribution >= 0.6 is 0 Å². The second-order valence-corrected chi connectivity index (χ2v) is 6.79. The van der Waals surface area contributed by atoms with Crippen LogP contribution in [0.2, 0.25) is 0 Å². The Kier molecular flexibility index (Phi) is 8.64. The van der Waals surface area contributed by atoms with Crippen molar-refractivity contribution in [3.8, 4) is 0 Å². The van der Waals surface area contributed by atoms with Crippen molar-refractivity contribution >= 4 is 11.9 Å². The van der Waals surface area contributed by atoms with Gasteiger partial charge in [0.05, 0.1) is 0 Å². The first kappa shape index (κ1) is 21.6. The average molecular weight is 374 g/mol. The fraction of sp³-hybridized carbons (Fsp3) is 0.269. The van der Waals surface area contributed by atoms with Gasteiger partial charge in [-0.1, -0.05) is 74.2 Å². The molecule has 1 aliphatic rings. The monoisotopic (exact) mass is 373 g/mol. The second kappa shape index (κ2) is 11.2. The third-order valence-corrected chi connectivity index (χ3v) is 5.11. The minimum absolute atomic E-state index is 0.639. The Morgan fingerprint density at radius 2 is 1.57 bits per heavy atom. The van der Waals surface area contributed by atoms with Crippen LogP contribution in [-0.4, -0.2) is 19.9 Å². The highest BCUT2D eigenvalue weighted by Gasteiger charge is 2.19. The molecule has 2 nitrogen and oxygen atoms in total. The fourth-order valence-electron chi connectivity index (χ4n) is 3.60. The van der Waals surface area contributed by atoms with Gasteiger partial charge in [-0.2, -0.15) is 0 Å². The number of allylic oxidation sites excluding steroid dienone is 3. The largest absolute Gasteiger partial charge is 0.316 e. The molecule has 0 saturated carbocycles. The molecule has 0 amide bonds. The normalized spacial score (nSPS) is 12.7. The van der Waals surface area contributed by atoms with Crippen LogP contribution < -0.4 is 5.32 Å². The molecule has 0 unspecified atom stereocenters. The van der Waals surface area contributed by atoms with Gasteiger partial charge in [0, 0.05) is 12.1 Å². The molecule has 2 aromatic rings. The molecule has 146 valence electrons. The number of hydrogen-bond acceptors (Lipinski definition) is 2. The molecule has 0 heterocycles. The highest BCUT2D eigenvalue weighted by molar-refractivity contribution is 5.86. The predicted octanol–water partition coefficient (Wildman–Crippen LogP) is 5.53. The molecule has 0 saturated heterocycles. The van der Waals surface area contributed by atoms with Crippen LogP contribution in [0.3, 0.4) is 0 Å². The number of carbonyl (C=O) groups excluding carboxylic acids is 1.